The van der Waals surface area contributed by atoms with Crippen LogP contribution in [0.4, 0.5) is 0 Å². The van der Waals surface area contributed by atoms with Crippen LogP contribution in [0, 0.1) is 0 Å². The highest BCUT2D eigenvalue weighted by atomic mass is 79.9. The maximum Gasteiger partial charge on any atom is 0.242 e. The predicted octanol–water partition coefficient (Wildman–Crippen LogP) is 2.31. The number of hydrogen-bond acceptors (Lipinski definition) is 3. The Morgan fingerprint density at radius 3 is 2.79 bits per heavy atom. The molecule has 0 aliphatic carbocycles. The van der Waals surface area contributed by atoms with E-state index in [4.69, 9.17) is 11.6 Å². The number of nitrogens with one attached hydrogen (secondary N) is 1. The number of rotatable bonds is 4. The molecule has 0 radical (unpaired) electrons. The van der Waals surface area contributed by atoms with Gasteiger partial charge in [-0.1, -0.05) is 27.5 Å². The van der Waals surface area contributed by atoms with E-state index in [0.717, 1.165) is 10.0 Å². The van der Waals surface area contributed by atoms with Crippen molar-refractivity contribution in [3.63, 3.8) is 0 Å². The van der Waals surface area contributed by atoms with E-state index < -0.39 is 10.0 Å². The number of sulfonamides is 1. The Morgan fingerprint density at radius 2 is 2.21 bits per heavy atom. The van der Waals surface area contributed by atoms with Crippen molar-refractivity contribution in [1.82, 2.24) is 14.5 Å². The highest BCUT2D eigenvalue weighted by molar-refractivity contribution is 9.10. The van der Waals surface area contributed by atoms with Gasteiger partial charge >= 0.3 is 0 Å². The average Bonchev–Trinajstić information content (AvgIpc) is 2.72. The van der Waals surface area contributed by atoms with Crippen LogP contribution >= 0.6 is 27.5 Å². The zero-order valence-electron chi connectivity index (χ0n) is 9.97. The molecule has 2 aromatic rings. The van der Waals surface area contributed by atoms with E-state index in [1.807, 2.05) is 0 Å². The van der Waals surface area contributed by atoms with Crippen molar-refractivity contribution in [3.8, 4) is 0 Å². The Hall–Kier alpha value is -0.890. The minimum absolute atomic E-state index is 0.0567. The summed E-state index contributed by atoms with van der Waals surface area (Å²) in [6, 6.07) is 4.63. The van der Waals surface area contributed by atoms with Crippen LogP contribution in [-0.2, 0) is 23.6 Å². The number of hydrogen-bond donors (Lipinski definition) is 1. The molecule has 0 bridgehead atoms. The SMILES string of the molecule is Cn1cc(CNS(=O)(=O)c2ccc(Br)cc2Cl)cn1. The van der Waals surface area contributed by atoms with Gasteiger partial charge in [-0.25, -0.2) is 13.1 Å². The topological polar surface area (TPSA) is 64.0 Å². The van der Waals surface area contributed by atoms with Crippen molar-refractivity contribution in [2.45, 2.75) is 11.4 Å². The van der Waals surface area contributed by atoms with Gasteiger partial charge in [-0.3, -0.25) is 4.68 Å². The largest absolute Gasteiger partial charge is 0.275 e. The first-order valence-corrected chi connectivity index (χ1v) is 7.96. The second-order valence-electron chi connectivity index (χ2n) is 3.92. The molecule has 0 saturated heterocycles. The normalized spacial score (nSPS) is 11.7. The lowest BCUT2D eigenvalue weighted by Gasteiger charge is -2.07. The molecule has 1 heterocycles. The van der Waals surface area contributed by atoms with E-state index in [-0.39, 0.29) is 16.5 Å². The van der Waals surface area contributed by atoms with Gasteiger partial charge in [-0.15, -0.1) is 0 Å². The molecular weight excluding hydrogens is 354 g/mol. The van der Waals surface area contributed by atoms with E-state index in [0.29, 0.717) is 0 Å². The number of aryl methyl sites for hydroxylation is 1. The summed E-state index contributed by atoms with van der Waals surface area (Å²) in [4.78, 5) is 0.0567. The van der Waals surface area contributed by atoms with E-state index in [2.05, 4.69) is 25.8 Å². The Kier molecular flexibility index (Phi) is 4.29. The van der Waals surface area contributed by atoms with Crippen molar-refractivity contribution in [3.05, 3.63) is 45.7 Å². The first-order valence-electron chi connectivity index (χ1n) is 5.31. The zero-order valence-corrected chi connectivity index (χ0v) is 13.1. The lowest BCUT2D eigenvalue weighted by Crippen LogP contribution is -2.23. The lowest BCUT2D eigenvalue weighted by molar-refractivity contribution is 0.581. The molecule has 0 spiro atoms. The molecule has 8 heteroatoms. The molecule has 1 aromatic heterocycles. The minimum atomic E-state index is -3.64. The third-order valence-corrected chi connectivity index (χ3v) is 4.79. The van der Waals surface area contributed by atoms with Crippen molar-refractivity contribution in [2.24, 2.45) is 7.05 Å². The molecule has 102 valence electrons. The van der Waals surface area contributed by atoms with Crippen LogP contribution in [-0.4, -0.2) is 18.2 Å². The number of halogens is 2. The Labute approximate surface area is 124 Å². The predicted molar refractivity (Wildman–Crippen MR) is 76.4 cm³/mol. The summed E-state index contributed by atoms with van der Waals surface area (Å²) in [6.45, 7) is 0.169. The van der Waals surface area contributed by atoms with E-state index >= 15 is 0 Å². The zero-order chi connectivity index (χ0) is 14.0. The smallest absolute Gasteiger partial charge is 0.242 e. The quantitative estimate of drug-likeness (QED) is 0.905. The summed E-state index contributed by atoms with van der Waals surface area (Å²) in [5.74, 6) is 0. The fourth-order valence-corrected chi connectivity index (χ4v) is 3.57. The van der Waals surface area contributed by atoms with Crippen molar-refractivity contribution in [1.29, 1.82) is 0 Å². The molecule has 0 unspecified atom stereocenters. The van der Waals surface area contributed by atoms with Gasteiger partial charge in [0.05, 0.1) is 11.2 Å². The summed E-state index contributed by atoms with van der Waals surface area (Å²) in [6.07, 6.45) is 3.34. The van der Waals surface area contributed by atoms with Crippen molar-refractivity contribution >= 4 is 37.6 Å². The fraction of sp³-hybridized carbons (Fsp3) is 0.182. The van der Waals surface area contributed by atoms with Gasteiger partial charge in [0.15, 0.2) is 0 Å². The van der Waals surface area contributed by atoms with Gasteiger partial charge in [-0.2, -0.15) is 5.10 Å². The standard InChI is InChI=1S/C11H11BrClN3O2S/c1-16-7-8(5-14-16)6-15-19(17,18)11-3-2-9(12)4-10(11)13/h2-5,7,15H,6H2,1H3. The van der Waals surface area contributed by atoms with Crippen molar-refractivity contribution in [2.75, 3.05) is 0 Å². The Bertz CT molecular complexity index is 700. The third kappa shape index (κ3) is 3.56. The maximum absolute atomic E-state index is 12.1. The van der Waals surface area contributed by atoms with Gasteiger partial charge in [0.1, 0.15) is 4.90 Å². The van der Waals surface area contributed by atoms with Gasteiger partial charge < -0.3 is 0 Å². The van der Waals surface area contributed by atoms with Crippen LogP contribution in [0.2, 0.25) is 5.02 Å². The molecule has 1 aromatic carbocycles. The minimum Gasteiger partial charge on any atom is -0.275 e. The van der Waals surface area contributed by atoms with E-state index in [9.17, 15) is 8.42 Å². The molecule has 0 aliphatic heterocycles. The van der Waals surface area contributed by atoms with Gasteiger partial charge in [0.25, 0.3) is 0 Å². The number of aromatic nitrogens is 2. The first-order chi connectivity index (χ1) is 8.88. The monoisotopic (exact) mass is 363 g/mol. The highest BCUT2D eigenvalue weighted by Gasteiger charge is 2.17. The van der Waals surface area contributed by atoms with E-state index in [1.165, 1.54) is 6.07 Å². The lowest BCUT2D eigenvalue weighted by atomic mass is 10.4. The second kappa shape index (κ2) is 5.62. The van der Waals surface area contributed by atoms with Gasteiger partial charge in [0, 0.05) is 29.8 Å². The molecule has 19 heavy (non-hydrogen) atoms. The highest BCUT2D eigenvalue weighted by Crippen LogP contribution is 2.25. The van der Waals surface area contributed by atoms with E-state index in [1.54, 1.807) is 36.3 Å². The Balaban J connectivity index is 2.18. The summed E-state index contributed by atoms with van der Waals surface area (Å²) in [5.41, 5.74) is 0.777. The van der Waals surface area contributed by atoms with Crippen LogP contribution in [0.1, 0.15) is 5.56 Å². The van der Waals surface area contributed by atoms with Gasteiger partial charge in [-0.05, 0) is 18.2 Å². The maximum atomic E-state index is 12.1. The molecule has 5 nitrogen and oxygen atoms in total. The third-order valence-electron chi connectivity index (χ3n) is 2.41. The van der Waals surface area contributed by atoms with Gasteiger partial charge in [0.2, 0.25) is 10.0 Å². The summed E-state index contributed by atoms with van der Waals surface area (Å²) >= 11 is 9.17. The summed E-state index contributed by atoms with van der Waals surface area (Å²) in [5, 5.41) is 4.14. The molecule has 0 saturated carbocycles. The molecule has 0 amide bonds. The van der Waals surface area contributed by atoms with Crippen LogP contribution in [0.25, 0.3) is 0 Å². The number of benzene rings is 1. The average molecular weight is 365 g/mol. The Morgan fingerprint density at radius 1 is 1.47 bits per heavy atom. The first kappa shape index (κ1) is 14.5. The summed E-state index contributed by atoms with van der Waals surface area (Å²) < 4.78 is 29.0. The van der Waals surface area contributed by atoms with Crippen LogP contribution in [0.15, 0.2) is 40.0 Å². The van der Waals surface area contributed by atoms with Crippen LogP contribution < -0.4 is 4.72 Å². The molecule has 0 atom stereocenters. The molecular formula is C11H11BrClN3O2S. The molecule has 1 N–H and O–H groups in total. The van der Waals surface area contributed by atoms with Crippen molar-refractivity contribution < 1.29 is 8.42 Å². The molecule has 2 rings (SSSR count). The second-order valence-corrected chi connectivity index (χ2v) is 6.98. The summed E-state index contributed by atoms with van der Waals surface area (Å²) in [7, 11) is -1.87. The fourth-order valence-electron chi connectivity index (χ4n) is 1.51. The molecule has 0 fully saturated rings. The number of nitrogens with zero attached hydrogens (tertiary/aromatic N) is 2. The van der Waals surface area contributed by atoms with Crippen LogP contribution in [0.3, 0.4) is 0 Å². The molecule has 0 aliphatic rings. The van der Waals surface area contributed by atoms with Crippen LogP contribution in [0.5, 0.6) is 0 Å².